The summed E-state index contributed by atoms with van der Waals surface area (Å²) in [5.74, 6) is -0.744. The van der Waals surface area contributed by atoms with Gasteiger partial charge in [0.1, 0.15) is 11.7 Å². The summed E-state index contributed by atoms with van der Waals surface area (Å²) < 4.78 is 28.2. The molecular formula is C18H21F2N. The summed E-state index contributed by atoms with van der Waals surface area (Å²) in [7, 11) is 0. The van der Waals surface area contributed by atoms with Crippen molar-refractivity contribution in [2.45, 2.75) is 27.2 Å². The molecule has 0 amide bonds. The Morgan fingerprint density at radius 3 is 2.62 bits per heavy atom. The van der Waals surface area contributed by atoms with Crippen molar-refractivity contribution in [2.24, 2.45) is 17.8 Å². The van der Waals surface area contributed by atoms with Crippen molar-refractivity contribution in [3.8, 4) is 0 Å². The number of aromatic nitrogens is 1. The minimum atomic E-state index is -0.502. The van der Waals surface area contributed by atoms with Crippen LogP contribution in [0.25, 0.3) is 5.57 Å². The fraction of sp³-hybridized carbons (Fsp3) is 0.389. The summed E-state index contributed by atoms with van der Waals surface area (Å²) in [5, 5.41) is 0. The van der Waals surface area contributed by atoms with Crippen LogP contribution in [0.3, 0.4) is 0 Å². The maximum Gasteiger partial charge on any atom is 0.131 e. The number of pyridine rings is 1. The van der Waals surface area contributed by atoms with E-state index in [0.717, 1.165) is 6.08 Å². The topological polar surface area (TPSA) is 12.9 Å². The molecule has 0 bridgehead atoms. The van der Waals surface area contributed by atoms with Crippen LogP contribution < -0.4 is 0 Å². The smallest absolute Gasteiger partial charge is 0.131 e. The highest BCUT2D eigenvalue weighted by molar-refractivity contribution is 5.70. The van der Waals surface area contributed by atoms with E-state index in [9.17, 15) is 8.78 Å². The van der Waals surface area contributed by atoms with Gasteiger partial charge in [-0.3, -0.25) is 4.98 Å². The van der Waals surface area contributed by atoms with Crippen molar-refractivity contribution in [3.63, 3.8) is 0 Å². The van der Waals surface area contributed by atoms with Crippen molar-refractivity contribution in [3.05, 3.63) is 60.0 Å². The number of allylic oxidation sites excluding steroid dienone is 6. The summed E-state index contributed by atoms with van der Waals surface area (Å²) in [6.07, 6.45) is 6.86. The number of rotatable bonds is 4. The van der Waals surface area contributed by atoms with Crippen LogP contribution in [0.5, 0.6) is 0 Å². The molecule has 1 nitrogen and oxygen atoms in total. The fourth-order valence-electron chi connectivity index (χ4n) is 2.97. The van der Waals surface area contributed by atoms with Crippen molar-refractivity contribution < 1.29 is 8.78 Å². The van der Waals surface area contributed by atoms with E-state index in [4.69, 9.17) is 0 Å². The fourth-order valence-corrected chi connectivity index (χ4v) is 2.97. The Labute approximate surface area is 125 Å². The van der Waals surface area contributed by atoms with Crippen LogP contribution in [-0.2, 0) is 0 Å². The van der Waals surface area contributed by atoms with Gasteiger partial charge in [-0.25, -0.2) is 8.78 Å². The van der Waals surface area contributed by atoms with Gasteiger partial charge in [-0.15, -0.1) is 0 Å². The normalized spacial score (nSPS) is 21.0. The largest absolute Gasteiger partial charge is 0.256 e. The van der Waals surface area contributed by atoms with Crippen LogP contribution in [0.4, 0.5) is 8.78 Å². The summed E-state index contributed by atoms with van der Waals surface area (Å²) >= 11 is 0. The second-order valence-corrected chi connectivity index (χ2v) is 5.73. The van der Waals surface area contributed by atoms with Crippen molar-refractivity contribution in [1.82, 2.24) is 4.98 Å². The van der Waals surface area contributed by atoms with Crippen LogP contribution >= 0.6 is 0 Å². The van der Waals surface area contributed by atoms with Gasteiger partial charge in [0.25, 0.3) is 0 Å². The number of halogens is 2. The molecule has 0 saturated carbocycles. The summed E-state index contributed by atoms with van der Waals surface area (Å²) in [6, 6.07) is 5.41. The maximum absolute atomic E-state index is 14.4. The maximum atomic E-state index is 14.4. The van der Waals surface area contributed by atoms with Crippen LogP contribution in [0.2, 0.25) is 0 Å². The Bertz CT molecular complexity index is 570. The summed E-state index contributed by atoms with van der Waals surface area (Å²) in [5.41, 5.74) is 1.12. The monoisotopic (exact) mass is 289 g/mol. The first-order chi connectivity index (χ1) is 10.0. The third kappa shape index (κ3) is 3.46. The molecule has 2 unspecified atom stereocenters. The highest BCUT2D eigenvalue weighted by Crippen LogP contribution is 2.43. The molecule has 3 heteroatoms. The standard InChI is InChI=1S/C18H21F2N/c1-4-7-14(12(2)3)15-10-13(19)11-16(20)18(15)17-8-5-6-9-21-17/h4-9,11-12,14-15H,10H2,1-3H3. The first-order valence-electron chi connectivity index (χ1n) is 7.34. The SMILES string of the molecule is CC=CC(C(C)C)C1CC(F)=CC(F)=C1c1ccccn1. The Morgan fingerprint density at radius 2 is 2.05 bits per heavy atom. The molecule has 1 aliphatic carbocycles. The second kappa shape index (κ2) is 6.79. The minimum absolute atomic E-state index is 0.0807. The number of hydrogen-bond acceptors (Lipinski definition) is 1. The third-order valence-electron chi connectivity index (χ3n) is 3.92. The van der Waals surface area contributed by atoms with Crippen LogP contribution in [-0.4, -0.2) is 4.98 Å². The number of hydrogen-bond donors (Lipinski definition) is 0. The lowest BCUT2D eigenvalue weighted by Crippen LogP contribution is -2.23. The molecule has 0 N–H and O–H groups in total. The molecule has 0 spiro atoms. The zero-order chi connectivity index (χ0) is 15.4. The van der Waals surface area contributed by atoms with Gasteiger partial charge in [-0.1, -0.05) is 32.1 Å². The van der Waals surface area contributed by atoms with Crippen LogP contribution in [0.1, 0.15) is 32.9 Å². The van der Waals surface area contributed by atoms with Crippen molar-refractivity contribution in [1.29, 1.82) is 0 Å². The highest BCUT2D eigenvalue weighted by atomic mass is 19.1. The summed E-state index contributed by atoms with van der Waals surface area (Å²) in [6.45, 7) is 6.09. The molecule has 1 aliphatic rings. The molecule has 1 aromatic rings. The molecule has 21 heavy (non-hydrogen) atoms. The zero-order valence-corrected chi connectivity index (χ0v) is 12.7. The lowest BCUT2D eigenvalue weighted by molar-refractivity contribution is 0.344. The Morgan fingerprint density at radius 1 is 1.29 bits per heavy atom. The van der Waals surface area contributed by atoms with E-state index < -0.39 is 11.7 Å². The lowest BCUT2D eigenvalue weighted by Gasteiger charge is -2.31. The molecule has 0 aromatic carbocycles. The molecule has 0 radical (unpaired) electrons. The van der Waals surface area contributed by atoms with Gasteiger partial charge in [0.15, 0.2) is 0 Å². The molecule has 2 rings (SSSR count). The average Bonchev–Trinajstić information content (AvgIpc) is 2.44. The predicted molar refractivity (Wildman–Crippen MR) is 82.7 cm³/mol. The van der Waals surface area contributed by atoms with Crippen molar-refractivity contribution >= 4 is 5.57 Å². The molecule has 0 aliphatic heterocycles. The third-order valence-corrected chi connectivity index (χ3v) is 3.92. The molecular weight excluding hydrogens is 268 g/mol. The predicted octanol–water partition coefficient (Wildman–Crippen LogP) is 5.48. The average molecular weight is 289 g/mol. The van der Waals surface area contributed by atoms with E-state index in [2.05, 4.69) is 18.8 Å². The van der Waals surface area contributed by atoms with E-state index in [1.54, 1.807) is 18.3 Å². The quantitative estimate of drug-likeness (QED) is 0.668. The van der Waals surface area contributed by atoms with Gasteiger partial charge in [0, 0.05) is 30.2 Å². The van der Waals surface area contributed by atoms with Gasteiger partial charge in [0.05, 0.1) is 5.69 Å². The number of nitrogens with zero attached hydrogens (tertiary/aromatic N) is 1. The van der Waals surface area contributed by atoms with Gasteiger partial charge >= 0.3 is 0 Å². The second-order valence-electron chi connectivity index (χ2n) is 5.73. The lowest BCUT2D eigenvalue weighted by atomic mass is 9.73. The Balaban J connectivity index is 2.51. The summed E-state index contributed by atoms with van der Waals surface area (Å²) in [4.78, 5) is 4.26. The van der Waals surface area contributed by atoms with Gasteiger partial charge < -0.3 is 0 Å². The molecule has 1 heterocycles. The Hall–Kier alpha value is -1.77. The van der Waals surface area contributed by atoms with E-state index in [-0.39, 0.29) is 18.3 Å². The molecule has 2 atom stereocenters. The van der Waals surface area contributed by atoms with Crippen LogP contribution in [0.15, 0.2) is 54.3 Å². The van der Waals surface area contributed by atoms with E-state index in [1.807, 2.05) is 25.1 Å². The first kappa shape index (κ1) is 15.6. The van der Waals surface area contributed by atoms with Gasteiger partial charge in [-0.05, 0) is 30.9 Å². The molecule has 1 aromatic heterocycles. The van der Waals surface area contributed by atoms with Crippen LogP contribution in [0, 0.1) is 17.8 Å². The minimum Gasteiger partial charge on any atom is -0.256 e. The Kier molecular flexibility index (Phi) is 5.05. The molecule has 112 valence electrons. The van der Waals surface area contributed by atoms with E-state index in [0.29, 0.717) is 17.2 Å². The van der Waals surface area contributed by atoms with Gasteiger partial charge in [-0.2, -0.15) is 0 Å². The van der Waals surface area contributed by atoms with Gasteiger partial charge in [0.2, 0.25) is 0 Å². The van der Waals surface area contributed by atoms with E-state index in [1.165, 1.54) is 0 Å². The molecule has 0 saturated heterocycles. The molecule has 0 fully saturated rings. The highest BCUT2D eigenvalue weighted by Gasteiger charge is 2.33. The van der Waals surface area contributed by atoms with Crippen molar-refractivity contribution in [2.75, 3.05) is 0 Å². The zero-order valence-electron chi connectivity index (χ0n) is 12.7. The first-order valence-corrected chi connectivity index (χ1v) is 7.34. The van der Waals surface area contributed by atoms with E-state index >= 15 is 0 Å².